The van der Waals surface area contributed by atoms with E-state index in [9.17, 15) is 15.0 Å². The lowest BCUT2D eigenvalue weighted by Gasteiger charge is -2.19. The van der Waals surface area contributed by atoms with Crippen molar-refractivity contribution in [2.24, 2.45) is 0 Å². The van der Waals surface area contributed by atoms with Crippen molar-refractivity contribution in [3.8, 4) is 0 Å². The Morgan fingerprint density at radius 3 is 1.28 bits per heavy atom. The maximum Gasteiger partial charge on any atom is 0.220 e. The quantitative estimate of drug-likeness (QED) is 0.0429. The molecule has 0 saturated heterocycles. The molecule has 3 N–H and O–H groups in total. The van der Waals surface area contributed by atoms with Gasteiger partial charge in [0, 0.05) is 6.42 Å². The molecule has 0 aromatic carbocycles. The minimum Gasteiger partial charge on any atom is -0.394 e. The summed E-state index contributed by atoms with van der Waals surface area (Å²) in [4.78, 5) is 12.3. The smallest absolute Gasteiger partial charge is 0.220 e. The zero-order valence-electron chi connectivity index (χ0n) is 36.0. The van der Waals surface area contributed by atoms with Gasteiger partial charge >= 0.3 is 0 Å². The van der Waals surface area contributed by atoms with Crippen LogP contribution in [0, 0.1) is 0 Å². The van der Waals surface area contributed by atoms with Gasteiger partial charge in [-0.25, -0.2) is 0 Å². The molecule has 0 heterocycles. The number of nitrogens with one attached hydrogen (secondary N) is 1. The van der Waals surface area contributed by atoms with Gasteiger partial charge in [-0.15, -0.1) is 0 Å². The summed E-state index contributed by atoms with van der Waals surface area (Å²) in [6.45, 7) is 4.06. The van der Waals surface area contributed by atoms with Crippen LogP contribution in [-0.2, 0) is 4.79 Å². The number of carbonyl (C=O) groups excluding carboxylic acids is 1. The van der Waals surface area contributed by atoms with Crippen molar-refractivity contribution in [1.82, 2.24) is 5.32 Å². The lowest BCUT2D eigenvalue weighted by atomic mass is 10.0. The number of hydrogen-bond donors (Lipinski definition) is 3. The van der Waals surface area contributed by atoms with Gasteiger partial charge in [0.2, 0.25) is 5.91 Å². The summed E-state index contributed by atoms with van der Waals surface area (Å²) < 4.78 is 0. The van der Waals surface area contributed by atoms with Gasteiger partial charge < -0.3 is 15.5 Å². The maximum atomic E-state index is 12.3. The Labute approximate surface area is 336 Å². The molecule has 0 aliphatic rings. The third-order valence-corrected chi connectivity index (χ3v) is 10.5. The Balaban J connectivity index is 3.44. The van der Waals surface area contributed by atoms with E-state index in [2.05, 4.69) is 60.8 Å². The number of allylic oxidation sites excluding steroid dienone is 9. The molecule has 54 heavy (non-hydrogen) atoms. The molecule has 0 bridgehead atoms. The monoisotopic (exact) mass is 754 g/mol. The average Bonchev–Trinajstić information content (AvgIpc) is 3.18. The van der Waals surface area contributed by atoms with Crippen LogP contribution in [0.5, 0.6) is 0 Å². The summed E-state index contributed by atoms with van der Waals surface area (Å²) in [6.07, 6.45) is 63.8. The lowest BCUT2D eigenvalue weighted by molar-refractivity contribution is -0.123. The highest BCUT2D eigenvalue weighted by atomic mass is 16.3. The number of carbonyl (C=O) groups is 1. The van der Waals surface area contributed by atoms with E-state index in [1.165, 1.54) is 167 Å². The van der Waals surface area contributed by atoms with Crippen LogP contribution in [0.3, 0.4) is 0 Å². The van der Waals surface area contributed by atoms with Crippen LogP contribution >= 0.6 is 0 Å². The van der Waals surface area contributed by atoms with Gasteiger partial charge in [0.15, 0.2) is 0 Å². The first-order chi connectivity index (χ1) is 26.7. The highest BCUT2D eigenvalue weighted by molar-refractivity contribution is 5.76. The van der Waals surface area contributed by atoms with Crippen molar-refractivity contribution in [3.05, 3.63) is 60.8 Å². The number of unbranched alkanes of at least 4 members (excludes halogenated alkanes) is 28. The number of rotatable bonds is 42. The van der Waals surface area contributed by atoms with Gasteiger partial charge in [-0.3, -0.25) is 4.79 Å². The normalized spacial score (nSPS) is 13.5. The van der Waals surface area contributed by atoms with Gasteiger partial charge in [0.05, 0.1) is 18.8 Å². The molecule has 4 nitrogen and oxygen atoms in total. The van der Waals surface area contributed by atoms with Crippen LogP contribution in [0.2, 0.25) is 0 Å². The van der Waals surface area contributed by atoms with Gasteiger partial charge in [0.1, 0.15) is 0 Å². The van der Waals surface area contributed by atoms with Crippen molar-refractivity contribution in [3.63, 3.8) is 0 Å². The molecule has 1 amide bonds. The van der Waals surface area contributed by atoms with E-state index >= 15 is 0 Å². The van der Waals surface area contributed by atoms with E-state index in [1.54, 1.807) is 6.08 Å². The maximum absolute atomic E-state index is 12.3. The van der Waals surface area contributed by atoms with Gasteiger partial charge in [-0.1, -0.05) is 215 Å². The van der Waals surface area contributed by atoms with Crippen molar-refractivity contribution < 1.29 is 15.0 Å². The van der Waals surface area contributed by atoms with E-state index in [-0.39, 0.29) is 12.5 Å². The van der Waals surface area contributed by atoms with Crippen molar-refractivity contribution in [2.45, 2.75) is 244 Å². The molecule has 0 saturated carbocycles. The first-order valence-electron chi connectivity index (χ1n) is 23.5. The predicted molar refractivity (Wildman–Crippen MR) is 239 cm³/mol. The standard InChI is InChI=1S/C50H91NO3/c1-3-5-7-9-11-13-14-15-16-17-18-19-20-21-22-23-24-25-26-27-28-29-30-31-32-33-34-35-36-38-40-42-44-46-50(54)51-48(47-52)49(53)45-43-41-39-37-12-10-8-6-4-2/h4,6,12,18-19,21-22,37,43,45,48-49,52-53H,3,5,7-11,13-17,20,23-36,38-42,44,46-47H2,1-2H3,(H,51,54)/b6-4+,19-18-,22-21-,37-12+,45-43+. The summed E-state index contributed by atoms with van der Waals surface area (Å²) in [7, 11) is 0. The Morgan fingerprint density at radius 1 is 0.481 bits per heavy atom. The molecule has 2 unspecified atom stereocenters. The van der Waals surface area contributed by atoms with E-state index in [1.807, 2.05) is 13.0 Å². The molecule has 0 aromatic rings. The molecule has 0 aliphatic heterocycles. The van der Waals surface area contributed by atoms with E-state index in [0.717, 1.165) is 44.9 Å². The van der Waals surface area contributed by atoms with Crippen LogP contribution in [0.4, 0.5) is 0 Å². The highest BCUT2D eigenvalue weighted by Crippen LogP contribution is 2.15. The van der Waals surface area contributed by atoms with E-state index in [4.69, 9.17) is 0 Å². The predicted octanol–water partition coefficient (Wildman–Crippen LogP) is 14.9. The Kier molecular flexibility index (Phi) is 43.9. The van der Waals surface area contributed by atoms with Gasteiger partial charge in [-0.2, -0.15) is 0 Å². The van der Waals surface area contributed by atoms with Crippen LogP contribution in [0.25, 0.3) is 0 Å². The Hall–Kier alpha value is -1.91. The summed E-state index contributed by atoms with van der Waals surface area (Å²) in [5.41, 5.74) is 0. The molecule has 0 aromatic heterocycles. The van der Waals surface area contributed by atoms with Crippen LogP contribution in [0.1, 0.15) is 232 Å². The summed E-state index contributed by atoms with van der Waals surface area (Å²) in [6, 6.07) is -0.644. The highest BCUT2D eigenvalue weighted by Gasteiger charge is 2.17. The SMILES string of the molecule is C/C=C/CC/C=C/CC/C=C/C(O)C(CO)NC(=O)CCCCCCCCCCCCCCCCCCC/C=C\C/C=C\CCCCCCCCCCC. The minimum atomic E-state index is -0.868. The van der Waals surface area contributed by atoms with Gasteiger partial charge in [-0.05, 0) is 71.1 Å². The zero-order chi connectivity index (χ0) is 39.3. The molecular weight excluding hydrogens is 663 g/mol. The lowest BCUT2D eigenvalue weighted by Crippen LogP contribution is -2.45. The minimum absolute atomic E-state index is 0.0813. The second kappa shape index (κ2) is 45.5. The summed E-state index contributed by atoms with van der Waals surface area (Å²) in [5.74, 6) is -0.0813. The molecule has 0 rings (SSSR count). The van der Waals surface area contributed by atoms with Crippen LogP contribution in [0.15, 0.2) is 60.8 Å². The van der Waals surface area contributed by atoms with E-state index < -0.39 is 12.1 Å². The fourth-order valence-electron chi connectivity index (χ4n) is 6.95. The molecule has 2 atom stereocenters. The van der Waals surface area contributed by atoms with Crippen LogP contribution < -0.4 is 5.32 Å². The average molecular weight is 754 g/mol. The first-order valence-corrected chi connectivity index (χ1v) is 23.5. The molecule has 0 fully saturated rings. The topological polar surface area (TPSA) is 69.6 Å². The molecule has 4 heteroatoms. The molecule has 0 radical (unpaired) electrons. The number of hydrogen-bond acceptors (Lipinski definition) is 3. The fourth-order valence-corrected chi connectivity index (χ4v) is 6.95. The summed E-state index contributed by atoms with van der Waals surface area (Å²) >= 11 is 0. The zero-order valence-corrected chi connectivity index (χ0v) is 36.0. The van der Waals surface area contributed by atoms with Gasteiger partial charge in [0.25, 0.3) is 0 Å². The molecule has 0 spiro atoms. The molecular formula is C50H91NO3. The third kappa shape index (κ3) is 41.3. The van der Waals surface area contributed by atoms with E-state index in [0.29, 0.717) is 6.42 Å². The number of amides is 1. The van der Waals surface area contributed by atoms with Crippen molar-refractivity contribution >= 4 is 5.91 Å². The fraction of sp³-hybridized carbons (Fsp3) is 0.780. The third-order valence-electron chi connectivity index (χ3n) is 10.5. The Bertz CT molecular complexity index is 904. The van der Waals surface area contributed by atoms with Crippen LogP contribution in [-0.4, -0.2) is 34.9 Å². The first kappa shape index (κ1) is 52.1. The largest absolute Gasteiger partial charge is 0.394 e. The van der Waals surface area contributed by atoms with Crippen molar-refractivity contribution in [2.75, 3.05) is 6.61 Å². The number of aliphatic hydroxyl groups is 2. The molecule has 314 valence electrons. The Morgan fingerprint density at radius 2 is 0.852 bits per heavy atom. The molecule has 0 aliphatic carbocycles. The second-order valence-corrected chi connectivity index (χ2v) is 15.8. The number of aliphatic hydroxyl groups excluding tert-OH is 2. The van der Waals surface area contributed by atoms with Crippen molar-refractivity contribution in [1.29, 1.82) is 0 Å². The second-order valence-electron chi connectivity index (χ2n) is 15.8. The summed E-state index contributed by atoms with van der Waals surface area (Å²) in [5, 5.41) is 22.8.